The Morgan fingerprint density at radius 1 is 0.842 bits per heavy atom. The van der Waals surface area contributed by atoms with Gasteiger partial charge in [0, 0.05) is 22.6 Å². The third kappa shape index (κ3) is 2.18. The minimum atomic E-state index is -0.420. The summed E-state index contributed by atoms with van der Waals surface area (Å²) in [5.74, 6) is -0.0889. The van der Waals surface area contributed by atoms with Gasteiger partial charge in [0.05, 0.1) is 0 Å². The van der Waals surface area contributed by atoms with Crippen LogP contribution >= 0.6 is 0 Å². The van der Waals surface area contributed by atoms with Gasteiger partial charge in [-0.05, 0) is 12.1 Å². The monoisotopic (exact) mass is 250 g/mol. The lowest BCUT2D eigenvalue weighted by atomic mass is 10.0. The number of ketones is 1. The molecule has 0 bridgehead atoms. The number of carbonyl (C=O) groups is 1. The molecule has 92 valence electrons. The van der Waals surface area contributed by atoms with Crippen molar-refractivity contribution in [1.29, 1.82) is 0 Å². The molecule has 3 rings (SSSR count). The Morgan fingerprint density at radius 3 is 2.37 bits per heavy atom. The van der Waals surface area contributed by atoms with E-state index >= 15 is 0 Å². The van der Waals surface area contributed by atoms with Gasteiger partial charge in [-0.15, -0.1) is 0 Å². The van der Waals surface area contributed by atoms with Crippen LogP contribution in [0.25, 0.3) is 11.0 Å². The molecular weight excluding hydrogens is 240 g/mol. The van der Waals surface area contributed by atoms with Crippen LogP contribution in [-0.2, 0) is 0 Å². The van der Waals surface area contributed by atoms with Gasteiger partial charge < -0.3 is 4.42 Å². The molecule has 0 saturated carbocycles. The Morgan fingerprint density at radius 2 is 1.58 bits per heavy atom. The fourth-order valence-electron chi connectivity index (χ4n) is 1.96. The number of fused-ring (bicyclic) bond motifs is 1. The molecule has 0 unspecified atom stereocenters. The minimum absolute atomic E-state index is 0.0889. The standard InChI is InChI=1S/C16H10O3/c17-15-9-8-11-6-7-13(10-14(11)19-15)16(18)12-4-2-1-3-5-12/h1-10H. The fourth-order valence-corrected chi connectivity index (χ4v) is 1.96. The zero-order valence-electron chi connectivity index (χ0n) is 10.00. The summed E-state index contributed by atoms with van der Waals surface area (Å²) in [6.45, 7) is 0. The summed E-state index contributed by atoms with van der Waals surface area (Å²) in [6.07, 6.45) is 0. The number of carbonyl (C=O) groups excluding carboxylic acids is 1. The van der Waals surface area contributed by atoms with E-state index in [1.165, 1.54) is 6.07 Å². The molecule has 3 nitrogen and oxygen atoms in total. The first-order valence-electron chi connectivity index (χ1n) is 5.88. The second-order valence-electron chi connectivity index (χ2n) is 4.20. The van der Waals surface area contributed by atoms with Crippen molar-refractivity contribution in [2.24, 2.45) is 0 Å². The summed E-state index contributed by atoms with van der Waals surface area (Å²) in [4.78, 5) is 23.4. The first-order valence-corrected chi connectivity index (χ1v) is 5.88. The molecule has 0 amide bonds. The van der Waals surface area contributed by atoms with Gasteiger partial charge in [-0.2, -0.15) is 0 Å². The van der Waals surface area contributed by atoms with Crippen LogP contribution in [0.15, 0.2) is 69.9 Å². The third-order valence-electron chi connectivity index (χ3n) is 2.92. The van der Waals surface area contributed by atoms with Gasteiger partial charge in [0.1, 0.15) is 5.58 Å². The molecule has 0 radical (unpaired) electrons. The van der Waals surface area contributed by atoms with Crippen LogP contribution in [0.2, 0.25) is 0 Å². The Kier molecular flexibility index (Phi) is 2.72. The summed E-state index contributed by atoms with van der Waals surface area (Å²) in [5, 5.41) is 0.796. The number of rotatable bonds is 2. The van der Waals surface area contributed by atoms with E-state index in [4.69, 9.17) is 4.42 Å². The van der Waals surface area contributed by atoms with Gasteiger partial charge >= 0.3 is 5.63 Å². The van der Waals surface area contributed by atoms with E-state index in [-0.39, 0.29) is 5.78 Å². The van der Waals surface area contributed by atoms with Crippen molar-refractivity contribution in [3.8, 4) is 0 Å². The first-order chi connectivity index (χ1) is 9.24. The van der Waals surface area contributed by atoms with E-state index in [1.54, 1.807) is 36.4 Å². The second-order valence-corrected chi connectivity index (χ2v) is 4.20. The van der Waals surface area contributed by atoms with Gasteiger partial charge in [-0.1, -0.05) is 42.5 Å². The van der Waals surface area contributed by atoms with Crippen LogP contribution in [0.5, 0.6) is 0 Å². The zero-order valence-corrected chi connectivity index (χ0v) is 10.00. The number of hydrogen-bond acceptors (Lipinski definition) is 3. The van der Waals surface area contributed by atoms with E-state index in [9.17, 15) is 9.59 Å². The highest BCUT2D eigenvalue weighted by atomic mass is 16.4. The van der Waals surface area contributed by atoms with Gasteiger partial charge in [0.25, 0.3) is 0 Å². The Labute approximate surface area is 109 Å². The van der Waals surface area contributed by atoms with E-state index in [0.29, 0.717) is 16.7 Å². The average molecular weight is 250 g/mol. The summed E-state index contributed by atoms with van der Waals surface area (Å²) in [5.41, 5.74) is 1.12. The van der Waals surface area contributed by atoms with Crippen molar-refractivity contribution < 1.29 is 9.21 Å². The Hall–Kier alpha value is -2.68. The van der Waals surface area contributed by atoms with Crippen molar-refractivity contribution >= 4 is 16.8 Å². The highest BCUT2D eigenvalue weighted by Gasteiger charge is 2.09. The Balaban J connectivity index is 2.11. The smallest absolute Gasteiger partial charge is 0.336 e. The summed E-state index contributed by atoms with van der Waals surface area (Å²) < 4.78 is 5.08. The van der Waals surface area contributed by atoms with Crippen molar-refractivity contribution in [1.82, 2.24) is 0 Å². The maximum absolute atomic E-state index is 12.3. The van der Waals surface area contributed by atoms with Crippen LogP contribution in [-0.4, -0.2) is 5.78 Å². The van der Waals surface area contributed by atoms with E-state index < -0.39 is 5.63 Å². The molecule has 19 heavy (non-hydrogen) atoms. The quantitative estimate of drug-likeness (QED) is 0.519. The van der Waals surface area contributed by atoms with Crippen LogP contribution in [0.3, 0.4) is 0 Å². The third-order valence-corrected chi connectivity index (χ3v) is 2.92. The predicted octanol–water partition coefficient (Wildman–Crippen LogP) is 3.02. The van der Waals surface area contributed by atoms with Crippen molar-refractivity contribution in [2.75, 3.05) is 0 Å². The SMILES string of the molecule is O=C(c1ccccc1)c1ccc2ccc(=O)oc2c1. The van der Waals surface area contributed by atoms with Crippen molar-refractivity contribution in [2.45, 2.75) is 0 Å². The predicted molar refractivity (Wildman–Crippen MR) is 72.4 cm³/mol. The molecule has 0 atom stereocenters. The molecule has 0 aliphatic heterocycles. The molecule has 3 aromatic rings. The van der Waals surface area contributed by atoms with Crippen LogP contribution < -0.4 is 5.63 Å². The minimum Gasteiger partial charge on any atom is -0.423 e. The molecule has 1 aromatic heterocycles. The summed E-state index contributed by atoms with van der Waals surface area (Å²) in [6, 6.07) is 17.2. The highest BCUT2D eigenvalue weighted by Crippen LogP contribution is 2.16. The number of hydrogen-bond donors (Lipinski definition) is 0. The zero-order chi connectivity index (χ0) is 13.2. The van der Waals surface area contributed by atoms with Crippen LogP contribution in [0.1, 0.15) is 15.9 Å². The highest BCUT2D eigenvalue weighted by molar-refractivity contribution is 6.10. The molecule has 0 saturated heterocycles. The first kappa shape index (κ1) is 11.4. The average Bonchev–Trinajstić information content (AvgIpc) is 2.46. The van der Waals surface area contributed by atoms with Gasteiger partial charge in [-0.25, -0.2) is 4.79 Å². The largest absolute Gasteiger partial charge is 0.423 e. The molecule has 0 N–H and O–H groups in total. The fraction of sp³-hybridized carbons (Fsp3) is 0. The lowest BCUT2D eigenvalue weighted by molar-refractivity contribution is 0.103. The molecule has 1 heterocycles. The summed E-state index contributed by atoms with van der Waals surface area (Å²) in [7, 11) is 0. The molecule has 0 fully saturated rings. The Bertz CT molecular complexity index is 801. The van der Waals surface area contributed by atoms with E-state index in [1.807, 2.05) is 18.2 Å². The second kappa shape index (κ2) is 4.53. The maximum Gasteiger partial charge on any atom is 0.336 e. The molecule has 0 aliphatic carbocycles. The van der Waals surface area contributed by atoms with Crippen LogP contribution in [0, 0.1) is 0 Å². The van der Waals surface area contributed by atoms with Gasteiger partial charge in [-0.3, -0.25) is 4.79 Å². The van der Waals surface area contributed by atoms with Gasteiger partial charge in [0.15, 0.2) is 5.78 Å². The molecular formula is C16H10O3. The lowest BCUT2D eigenvalue weighted by Crippen LogP contribution is -2.01. The van der Waals surface area contributed by atoms with E-state index in [0.717, 1.165) is 5.39 Å². The summed E-state index contributed by atoms with van der Waals surface area (Å²) >= 11 is 0. The number of benzene rings is 2. The molecule has 2 aromatic carbocycles. The molecule has 3 heteroatoms. The maximum atomic E-state index is 12.3. The molecule has 0 aliphatic rings. The topological polar surface area (TPSA) is 47.3 Å². The normalized spacial score (nSPS) is 10.5. The van der Waals surface area contributed by atoms with Crippen molar-refractivity contribution in [3.63, 3.8) is 0 Å². The van der Waals surface area contributed by atoms with Crippen molar-refractivity contribution in [3.05, 3.63) is 82.2 Å². The van der Waals surface area contributed by atoms with E-state index in [2.05, 4.69) is 0 Å². The lowest BCUT2D eigenvalue weighted by Gasteiger charge is -2.02. The van der Waals surface area contributed by atoms with Crippen LogP contribution in [0.4, 0.5) is 0 Å². The van der Waals surface area contributed by atoms with Gasteiger partial charge in [0.2, 0.25) is 0 Å². The molecule has 0 spiro atoms.